The Morgan fingerprint density at radius 3 is 2.96 bits per heavy atom. The van der Waals surface area contributed by atoms with Crippen LogP contribution in [-0.4, -0.2) is 56.7 Å². The third kappa shape index (κ3) is 8.64. The Bertz CT molecular complexity index is 627. The van der Waals surface area contributed by atoms with E-state index in [9.17, 15) is 4.79 Å². The first-order chi connectivity index (χ1) is 13.1. The van der Waals surface area contributed by atoms with Gasteiger partial charge in [-0.25, -0.2) is 0 Å². The molecule has 0 radical (unpaired) electrons. The fraction of sp³-hybridized carbons (Fsp3) is 0.600. The average molecular weight is 504 g/mol. The summed E-state index contributed by atoms with van der Waals surface area (Å²) in [7, 11) is 1.66. The van der Waals surface area contributed by atoms with Crippen molar-refractivity contribution in [2.75, 3.05) is 39.9 Å². The molecular weight excluding hydrogens is 471 g/mol. The lowest BCUT2D eigenvalue weighted by molar-refractivity contribution is -0.119. The van der Waals surface area contributed by atoms with E-state index in [1.807, 2.05) is 24.3 Å². The first-order valence-corrected chi connectivity index (χ1v) is 9.64. The number of aliphatic imine (C=N–C) groups is 1. The van der Waals surface area contributed by atoms with Crippen LogP contribution in [0.2, 0.25) is 0 Å². The van der Waals surface area contributed by atoms with Crippen molar-refractivity contribution in [1.29, 1.82) is 0 Å². The number of hydrogen-bond acceptors (Lipinski definition) is 4. The summed E-state index contributed by atoms with van der Waals surface area (Å²) in [4.78, 5) is 18.1. The smallest absolute Gasteiger partial charge is 0.217 e. The summed E-state index contributed by atoms with van der Waals surface area (Å²) >= 11 is 0. The molecular formula is C20H33IN4O3. The Morgan fingerprint density at radius 1 is 1.43 bits per heavy atom. The number of carbonyl (C=O) groups excluding carboxylic acids is 1. The van der Waals surface area contributed by atoms with Crippen LogP contribution in [0.3, 0.4) is 0 Å². The van der Waals surface area contributed by atoms with Crippen LogP contribution in [0.5, 0.6) is 5.75 Å². The number of halogens is 1. The molecule has 7 nitrogen and oxygen atoms in total. The number of carbonyl (C=O) groups is 1. The zero-order chi connectivity index (χ0) is 19.5. The second-order valence-electron chi connectivity index (χ2n) is 6.76. The van der Waals surface area contributed by atoms with Crippen molar-refractivity contribution in [2.24, 2.45) is 16.6 Å². The van der Waals surface area contributed by atoms with Gasteiger partial charge in [0, 0.05) is 26.1 Å². The topological polar surface area (TPSA) is 89.2 Å². The highest BCUT2D eigenvalue weighted by molar-refractivity contribution is 14.0. The van der Waals surface area contributed by atoms with E-state index in [0.29, 0.717) is 32.1 Å². The van der Waals surface area contributed by atoms with Crippen LogP contribution in [0.25, 0.3) is 0 Å². The molecule has 1 aromatic rings. The number of hydrogen-bond donors (Lipinski definition) is 2. The largest absolute Gasteiger partial charge is 0.497 e. The summed E-state index contributed by atoms with van der Waals surface area (Å²) in [5.41, 5.74) is 6.43. The van der Waals surface area contributed by atoms with E-state index >= 15 is 0 Å². The molecule has 1 aliphatic rings. The minimum Gasteiger partial charge on any atom is -0.497 e. The lowest BCUT2D eigenvalue weighted by atomic mass is 9.95. The normalized spacial score (nSPS) is 17.0. The minimum atomic E-state index is -0.227. The van der Waals surface area contributed by atoms with Gasteiger partial charge in [0.2, 0.25) is 5.91 Å². The van der Waals surface area contributed by atoms with Gasteiger partial charge in [-0.2, -0.15) is 0 Å². The molecule has 158 valence electrons. The van der Waals surface area contributed by atoms with Crippen molar-refractivity contribution in [3.63, 3.8) is 0 Å². The number of benzene rings is 1. The number of piperidine rings is 1. The Kier molecular flexibility index (Phi) is 11.9. The van der Waals surface area contributed by atoms with Crippen LogP contribution in [0.4, 0.5) is 0 Å². The maximum absolute atomic E-state index is 11.2. The number of ether oxygens (including phenoxy) is 2. The van der Waals surface area contributed by atoms with E-state index in [1.54, 1.807) is 7.11 Å². The van der Waals surface area contributed by atoms with E-state index in [-0.39, 0.29) is 29.9 Å². The van der Waals surface area contributed by atoms with Crippen molar-refractivity contribution in [1.82, 2.24) is 10.2 Å². The summed E-state index contributed by atoms with van der Waals surface area (Å²) in [5.74, 6) is 1.80. The van der Waals surface area contributed by atoms with Gasteiger partial charge in [0.1, 0.15) is 5.75 Å². The van der Waals surface area contributed by atoms with Crippen LogP contribution >= 0.6 is 24.0 Å². The zero-order valence-corrected chi connectivity index (χ0v) is 19.2. The van der Waals surface area contributed by atoms with Crippen LogP contribution in [-0.2, 0) is 16.1 Å². The molecule has 1 saturated heterocycles. The molecule has 1 atom stereocenters. The minimum absolute atomic E-state index is 0. The number of primary amides is 1. The summed E-state index contributed by atoms with van der Waals surface area (Å²) < 4.78 is 11.0. The summed E-state index contributed by atoms with van der Waals surface area (Å²) in [5, 5.41) is 3.34. The quantitative estimate of drug-likeness (QED) is 0.233. The highest BCUT2D eigenvalue weighted by atomic mass is 127. The molecule has 1 aromatic carbocycles. The van der Waals surface area contributed by atoms with Gasteiger partial charge in [0.25, 0.3) is 0 Å². The fourth-order valence-electron chi connectivity index (χ4n) is 3.30. The number of amides is 1. The van der Waals surface area contributed by atoms with Gasteiger partial charge in [-0.05, 0) is 43.4 Å². The molecule has 1 unspecified atom stereocenters. The summed E-state index contributed by atoms with van der Waals surface area (Å²) in [6, 6.07) is 7.86. The van der Waals surface area contributed by atoms with Gasteiger partial charge < -0.3 is 25.4 Å². The molecule has 1 heterocycles. The zero-order valence-electron chi connectivity index (χ0n) is 16.9. The molecule has 3 N–H and O–H groups in total. The summed E-state index contributed by atoms with van der Waals surface area (Å²) in [6.07, 6.45) is 2.54. The number of guanidine groups is 1. The van der Waals surface area contributed by atoms with Gasteiger partial charge in [-0.3, -0.25) is 9.79 Å². The van der Waals surface area contributed by atoms with Gasteiger partial charge in [-0.15, -0.1) is 24.0 Å². The molecule has 0 bridgehead atoms. The van der Waals surface area contributed by atoms with Gasteiger partial charge in [0.05, 0.1) is 26.9 Å². The number of nitrogens with two attached hydrogens (primary N) is 1. The molecule has 1 fully saturated rings. The van der Waals surface area contributed by atoms with Crippen LogP contribution in [0.1, 0.15) is 31.7 Å². The number of nitrogens with one attached hydrogen (secondary N) is 1. The van der Waals surface area contributed by atoms with E-state index in [0.717, 1.165) is 49.7 Å². The first-order valence-electron chi connectivity index (χ1n) is 9.64. The molecule has 28 heavy (non-hydrogen) atoms. The third-order valence-electron chi connectivity index (χ3n) is 4.54. The number of methoxy groups -OCH3 is 1. The van der Waals surface area contributed by atoms with Crippen molar-refractivity contribution in [3.05, 3.63) is 29.8 Å². The third-order valence-corrected chi connectivity index (χ3v) is 4.54. The maximum Gasteiger partial charge on any atom is 0.217 e. The maximum atomic E-state index is 11.2. The Labute approximate surface area is 185 Å². The Hall–Kier alpha value is -1.55. The van der Waals surface area contributed by atoms with E-state index in [1.165, 1.54) is 0 Å². The highest BCUT2D eigenvalue weighted by Crippen LogP contribution is 2.19. The van der Waals surface area contributed by atoms with Gasteiger partial charge in [0.15, 0.2) is 5.96 Å². The lowest BCUT2D eigenvalue weighted by Gasteiger charge is -2.34. The molecule has 2 rings (SSSR count). The molecule has 0 aromatic heterocycles. The highest BCUT2D eigenvalue weighted by Gasteiger charge is 2.23. The summed E-state index contributed by atoms with van der Waals surface area (Å²) in [6.45, 7) is 6.30. The Morgan fingerprint density at radius 2 is 2.25 bits per heavy atom. The van der Waals surface area contributed by atoms with E-state index < -0.39 is 0 Å². The van der Waals surface area contributed by atoms with Crippen LogP contribution in [0.15, 0.2) is 29.3 Å². The molecule has 8 heteroatoms. The van der Waals surface area contributed by atoms with E-state index in [2.05, 4.69) is 22.1 Å². The van der Waals surface area contributed by atoms with Gasteiger partial charge in [-0.1, -0.05) is 12.1 Å². The molecule has 0 spiro atoms. The monoisotopic (exact) mass is 504 g/mol. The second-order valence-corrected chi connectivity index (χ2v) is 6.76. The Balaban J connectivity index is 0.00000392. The van der Waals surface area contributed by atoms with Crippen LogP contribution in [0, 0.1) is 5.92 Å². The standard InChI is InChI=1S/C20H32N4O3.HI/c1-3-22-20(24-10-5-7-16(14-24)13-19(21)25)23-9-11-27-15-17-6-4-8-18(12-17)26-2;/h4,6,8,12,16H,3,5,7,9-11,13-15H2,1-2H3,(H2,21,25)(H,22,23);1H. The van der Waals surface area contributed by atoms with Crippen molar-refractivity contribution in [3.8, 4) is 5.75 Å². The molecule has 0 aliphatic carbocycles. The van der Waals surface area contributed by atoms with E-state index in [4.69, 9.17) is 15.2 Å². The van der Waals surface area contributed by atoms with Crippen molar-refractivity contribution < 1.29 is 14.3 Å². The number of likely N-dealkylation sites (tertiary alicyclic amines) is 1. The molecule has 1 amide bonds. The second kappa shape index (κ2) is 13.6. The fourth-order valence-corrected chi connectivity index (χ4v) is 3.30. The molecule has 0 saturated carbocycles. The number of nitrogens with zero attached hydrogens (tertiary/aromatic N) is 2. The van der Waals surface area contributed by atoms with Gasteiger partial charge >= 0.3 is 0 Å². The predicted octanol–water partition coefficient (Wildman–Crippen LogP) is 2.38. The van der Waals surface area contributed by atoms with Crippen molar-refractivity contribution >= 4 is 35.8 Å². The molecule has 1 aliphatic heterocycles. The van der Waals surface area contributed by atoms with Crippen LogP contribution < -0.4 is 15.8 Å². The lowest BCUT2D eigenvalue weighted by Crippen LogP contribution is -2.47. The first kappa shape index (κ1) is 24.5. The average Bonchev–Trinajstić information content (AvgIpc) is 2.67. The SMILES string of the molecule is CCNC(=NCCOCc1cccc(OC)c1)N1CCCC(CC(N)=O)C1.I. The predicted molar refractivity (Wildman–Crippen MR) is 122 cm³/mol. The van der Waals surface area contributed by atoms with Crippen molar-refractivity contribution in [2.45, 2.75) is 32.8 Å². The number of rotatable bonds is 9.